The molecule has 0 unspecified atom stereocenters. The standard InChI is InChI=1S/C20H20FN3/c1-14-5-7-16(21)12-17(14)15-6-8-18-19(11-15)23-20(13-22-18)24-9-3-2-4-10-24/h5-8,11-13H,2-4,9-10H2,1H3. The van der Waals surface area contributed by atoms with Gasteiger partial charge in [0.15, 0.2) is 0 Å². The third-order valence-electron chi connectivity index (χ3n) is 4.72. The van der Waals surface area contributed by atoms with Gasteiger partial charge in [-0.2, -0.15) is 0 Å². The fourth-order valence-electron chi connectivity index (χ4n) is 3.35. The highest BCUT2D eigenvalue weighted by molar-refractivity contribution is 5.83. The number of nitrogens with zero attached hydrogens (tertiary/aromatic N) is 3. The van der Waals surface area contributed by atoms with E-state index in [9.17, 15) is 4.39 Å². The number of anilines is 1. The maximum absolute atomic E-state index is 13.6. The minimum Gasteiger partial charge on any atom is -0.355 e. The molecule has 0 atom stereocenters. The van der Waals surface area contributed by atoms with Gasteiger partial charge in [-0.1, -0.05) is 12.1 Å². The Kier molecular flexibility index (Phi) is 3.89. The summed E-state index contributed by atoms with van der Waals surface area (Å²) in [6.07, 6.45) is 5.58. The molecular formula is C20H20FN3. The summed E-state index contributed by atoms with van der Waals surface area (Å²) in [6.45, 7) is 4.08. The summed E-state index contributed by atoms with van der Waals surface area (Å²) in [5, 5.41) is 0. The first-order chi connectivity index (χ1) is 11.7. The molecule has 3 nitrogen and oxygen atoms in total. The van der Waals surface area contributed by atoms with Gasteiger partial charge in [0.25, 0.3) is 0 Å². The van der Waals surface area contributed by atoms with Crippen molar-refractivity contribution in [3.05, 3.63) is 54.0 Å². The molecule has 3 aromatic rings. The zero-order chi connectivity index (χ0) is 16.5. The van der Waals surface area contributed by atoms with Crippen LogP contribution in [0.1, 0.15) is 24.8 Å². The van der Waals surface area contributed by atoms with Gasteiger partial charge in [0.05, 0.1) is 17.2 Å². The first-order valence-corrected chi connectivity index (χ1v) is 8.49. The first kappa shape index (κ1) is 15.1. The van der Waals surface area contributed by atoms with E-state index < -0.39 is 0 Å². The number of piperidine rings is 1. The van der Waals surface area contributed by atoms with Crippen molar-refractivity contribution in [1.29, 1.82) is 0 Å². The molecule has 1 fully saturated rings. The van der Waals surface area contributed by atoms with Crippen molar-refractivity contribution >= 4 is 16.9 Å². The Balaban J connectivity index is 1.77. The molecule has 0 aliphatic carbocycles. The quantitative estimate of drug-likeness (QED) is 0.683. The van der Waals surface area contributed by atoms with Crippen molar-refractivity contribution in [3.63, 3.8) is 0 Å². The summed E-state index contributed by atoms with van der Waals surface area (Å²) >= 11 is 0. The Bertz CT molecular complexity index is 885. The van der Waals surface area contributed by atoms with Crippen LogP contribution in [-0.4, -0.2) is 23.1 Å². The number of aromatic nitrogens is 2. The first-order valence-electron chi connectivity index (χ1n) is 8.49. The average molecular weight is 321 g/mol. The molecule has 0 amide bonds. The molecule has 1 aliphatic heterocycles. The van der Waals surface area contributed by atoms with Crippen LogP contribution in [0.5, 0.6) is 0 Å². The Labute approximate surface area is 141 Å². The lowest BCUT2D eigenvalue weighted by atomic mass is 10.00. The topological polar surface area (TPSA) is 29.0 Å². The van der Waals surface area contributed by atoms with Crippen molar-refractivity contribution in [2.24, 2.45) is 0 Å². The maximum Gasteiger partial charge on any atom is 0.147 e. The summed E-state index contributed by atoms with van der Waals surface area (Å²) in [7, 11) is 0. The van der Waals surface area contributed by atoms with E-state index in [1.807, 2.05) is 37.4 Å². The lowest BCUT2D eigenvalue weighted by Gasteiger charge is -2.27. The Morgan fingerprint density at radius 3 is 2.62 bits per heavy atom. The normalized spacial score (nSPS) is 15.0. The molecule has 122 valence electrons. The predicted octanol–water partition coefficient (Wildman–Crippen LogP) is 4.73. The smallest absolute Gasteiger partial charge is 0.147 e. The third kappa shape index (κ3) is 2.84. The highest BCUT2D eigenvalue weighted by Crippen LogP contribution is 2.27. The number of halogens is 1. The van der Waals surface area contributed by atoms with E-state index in [0.717, 1.165) is 46.6 Å². The maximum atomic E-state index is 13.6. The van der Waals surface area contributed by atoms with Crippen LogP contribution in [0.4, 0.5) is 10.2 Å². The lowest BCUT2D eigenvalue weighted by Crippen LogP contribution is -2.30. The van der Waals surface area contributed by atoms with Crippen LogP contribution in [0.15, 0.2) is 42.6 Å². The number of hydrogen-bond donors (Lipinski definition) is 0. The van der Waals surface area contributed by atoms with Gasteiger partial charge in [-0.05, 0) is 67.1 Å². The number of hydrogen-bond acceptors (Lipinski definition) is 3. The molecule has 4 heteroatoms. The molecule has 2 heterocycles. The van der Waals surface area contributed by atoms with Gasteiger partial charge in [-0.25, -0.2) is 9.37 Å². The van der Waals surface area contributed by atoms with Crippen LogP contribution in [-0.2, 0) is 0 Å². The van der Waals surface area contributed by atoms with Gasteiger partial charge in [0.1, 0.15) is 11.6 Å². The summed E-state index contributed by atoms with van der Waals surface area (Å²) in [5.41, 5.74) is 4.66. The molecule has 1 aliphatic rings. The molecule has 0 saturated carbocycles. The molecule has 24 heavy (non-hydrogen) atoms. The van der Waals surface area contributed by atoms with Crippen LogP contribution in [0.2, 0.25) is 0 Å². The second-order valence-electron chi connectivity index (χ2n) is 6.44. The molecule has 1 aromatic heterocycles. The van der Waals surface area contributed by atoms with Gasteiger partial charge in [-0.3, -0.25) is 4.98 Å². The molecule has 4 rings (SSSR count). The van der Waals surface area contributed by atoms with E-state index in [4.69, 9.17) is 4.98 Å². The Morgan fingerprint density at radius 1 is 0.958 bits per heavy atom. The number of aryl methyl sites for hydroxylation is 1. The molecule has 0 radical (unpaired) electrons. The van der Waals surface area contributed by atoms with E-state index in [1.165, 1.54) is 25.3 Å². The lowest BCUT2D eigenvalue weighted by molar-refractivity contribution is 0.573. The average Bonchev–Trinajstić information content (AvgIpc) is 2.63. The number of fused-ring (bicyclic) bond motifs is 1. The summed E-state index contributed by atoms with van der Waals surface area (Å²) in [6, 6.07) is 10.8. The minimum atomic E-state index is -0.219. The predicted molar refractivity (Wildman–Crippen MR) is 95.7 cm³/mol. The van der Waals surface area contributed by atoms with Crippen molar-refractivity contribution < 1.29 is 4.39 Å². The van der Waals surface area contributed by atoms with Crippen molar-refractivity contribution in [3.8, 4) is 11.1 Å². The van der Waals surface area contributed by atoms with Gasteiger partial charge in [0.2, 0.25) is 0 Å². The number of rotatable bonds is 2. The van der Waals surface area contributed by atoms with Crippen molar-refractivity contribution in [2.45, 2.75) is 26.2 Å². The highest BCUT2D eigenvalue weighted by atomic mass is 19.1. The molecule has 0 N–H and O–H groups in total. The summed E-state index contributed by atoms with van der Waals surface area (Å²) in [5.74, 6) is 0.721. The van der Waals surface area contributed by atoms with Gasteiger partial charge in [-0.15, -0.1) is 0 Å². The fourth-order valence-corrected chi connectivity index (χ4v) is 3.35. The van der Waals surface area contributed by atoms with Crippen LogP contribution < -0.4 is 4.90 Å². The zero-order valence-corrected chi connectivity index (χ0v) is 13.8. The second kappa shape index (κ2) is 6.19. The van der Waals surface area contributed by atoms with E-state index in [1.54, 1.807) is 6.07 Å². The molecule has 2 aromatic carbocycles. The highest BCUT2D eigenvalue weighted by Gasteiger charge is 2.13. The largest absolute Gasteiger partial charge is 0.355 e. The van der Waals surface area contributed by atoms with Crippen LogP contribution in [0.3, 0.4) is 0 Å². The Morgan fingerprint density at radius 2 is 1.79 bits per heavy atom. The van der Waals surface area contributed by atoms with Crippen LogP contribution in [0.25, 0.3) is 22.2 Å². The van der Waals surface area contributed by atoms with E-state index in [0.29, 0.717) is 0 Å². The number of benzene rings is 2. The monoisotopic (exact) mass is 321 g/mol. The van der Waals surface area contributed by atoms with Crippen molar-refractivity contribution in [2.75, 3.05) is 18.0 Å². The minimum absolute atomic E-state index is 0.219. The second-order valence-corrected chi connectivity index (χ2v) is 6.44. The van der Waals surface area contributed by atoms with Gasteiger partial charge >= 0.3 is 0 Å². The summed E-state index contributed by atoms with van der Waals surface area (Å²) < 4.78 is 13.6. The molecule has 0 bridgehead atoms. The SMILES string of the molecule is Cc1ccc(F)cc1-c1ccc2ncc(N3CCCCC3)nc2c1. The fraction of sp³-hybridized carbons (Fsp3) is 0.300. The molecular weight excluding hydrogens is 301 g/mol. The van der Waals surface area contributed by atoms with Crippen LogP contribution >= 0.6 is 0 Å². The van der Waals surface area contributed by atoms with Gasteiger partial charge in [0, 0.05) is 13.1 Å². The van der Waals surface area contributed by atoms with E-state index in [2.05, 4.69) is 9.88 Å². The van der Waals surface area contributed by atoms with E-state index in [-0.39, 0.29) is 5.82 Å². The Hall–Kier alpha value is -2.49. The van der Waals surface area contributed by atoms with Crippen molar-refractivity contribution in [1.82, 2.24) is 9.97 Å². The zero-order valence-electron chi connectivity index (χ0n) is 13.8. The van der Waals surface area contributed by atoms with E-state index >= 15 is 0 Å². The molecule has 0 spiro atoms. The van der Waals surface area contributed by atoms with Gasteiger partial charge < -0.3 is 4.90 Å². The van der Waals surface area contributed by atoms with Crippen LogP contribution in [0, 0.1) is 12.7 Å². The summed E-state index contributed by atoms with van der Waals surface area (Å²) in [4.78, 5) is 11.7. The molecule has 1 saturated heterocycles. The third-order valence-corrected chi connectivity index (χ3v) is 4.72.